The van der Waals surface area contributed by atoms with Crippen LogP contribution in [0.3, 0.4) is 0 Å². The smallest absolute Gasteiger partial charge is 0.349 e. The SMILES string of the molecule is Cc1ccc(S(=O)(=O)N2CC3(CO[Si](C(C)(C)C)(C(C)(C)C)OC3)C[C@H]2CI)cc1. The molecule has 0 bridgehead atoms. The summed E-state index contributed by atoms with van der Waals surface area (Å²) in [5.74, 6) is 0. The standard InChI is InChI=1S/C22H36INO4SSi/c1-17-8-10-19(11-9-17)29(25,26)24-14-22(12-18(24)13-23)15-27-30(28-16-22,20(2,3)4)21(5,6)7/h8-11,18H,12-16H2,1-7H3/t18-/m0/s1. The molecule has 2 saturated heterocycles. The first-order chi connectivity index (χ1) is 13.7. The third-order valence-corrected chi connectivity index (χ3v) is 14.5. The minimum atomic E-state index is -3.55. The molecule has 170 valence electrons. The van der Waals surface area contributed by atoms with Crippen LogP contribution in [0.5, 0.6) is 0 Å². The van der Waals surface area contributed by atoms with E-state index >= 15 is 0 Å². The molecular formula is C22H36INO4SSi. The van der Waals surface area contributed by atoms with Crippen LogP contribution in [0.2, 0.25) is 10.1 Å². The van der Waals surface area contributed by atoms with Crippen molar-refractivity contribution in [2.24, 2.45) is 5.41 Å². The highest BCUT2D eigenvalue weighted by atomic mass is 127. The molecule has 1 atom stereocenters. The van der Waals surface area contributed by atoms with Crippen molar-refractivity contribution in [1.82, 2.24) is 4.31 Å². The lowest BCUT2D eigenvalue weighted by Gasteiger charge is -2.54. The molecule has 2 fully saturated rings. The van der Waals surface area contributed by atoms with Gasteiger partial charge in [0, 0.05) is 45.7 Å². The zero-order chi connectivity index (χ0) is 22.6. The summed E-state index contributed by atoms with van der Waals surface area (Å²) in [6.45, 7) is 16.8. The van der Waals surface area contributed by atoms with Crippen molar-refractivity contribution < 1.29 is 17.3 Å². The Kier molecular flexibility index (Phi) is 6.65. The van der Waals surface area contributed by atoms with Gasteiger partial charge in [-0.2, -0.15) is 4.31 Å². The van der Waals surface area contributed by atoms with Gasteiger partial charge >= 0.3 is 8.56 Å². The molecule has 1 aromatic carbocycles. The molecule has 8 heteroatoms. The molecule has 2 heterocycles. The van der Waals surface area contributed by atoms with Crippen LogP contribution in [-0.4, -0.2) is 51.5 Å². The topological polar surface area (TPSA) is 55.8 Å². The average Bonchev–Trinajstić information content (AvgIpc) is 3.00. The van der Waals surface area contributed by atoms with Crippen LogP contribution >= 0.6 is 22.6 Å². The van der Waals surface area contributed by atoms with Crippen molar-refractivity contribution in [3.63, 3.8) is 0 Å². The van der Waals surface area contributed by atoms with Gasteiger partial charge in [0.2, 0.25) is 10.0 Å². The number of sulfonamides is 1. The molecule has 2 aliphatic rings. The fraction of sp³-hybridized carbons (Fsp3) is 0.727. The first-order valence-electron chi connectivity index (χ1n) is 10.6. The number of hydrogen-bond donors (Lipinski definition) is 0. The van der Waals surface area contributed by atoms with Crippen LogP contribution in [0.1, 0.15) is 53.5 Å². The molecular weight excluding hydrogens is 529 g/mol. The van der Waals surface area contributed by atoms with Gasteiger partial charge in [-0.15, -0.1) is 0 Å². The van der Waals surface area contributed by atoms with E-state index in [4.69, 9.17) is 8.85 Å². The lowest BCUT2D eigenvalue weighted by Crippen LogP contribution is -2.63. The molecule has 0 unspecified atom stereocenters. The predicted octanol–water partition coefficient (Wildman–Crippen LogP) is 5.27. The Labute approximate surface area is 197 Å². The summed E-state index contributed by atoms with van der Waals surface area (Å²) in [5, 5.41) is -0.135. The number of rotatable bonds is 3. The Hall–Kier alpha value is -0.00312. The van der Waals surface area contributed by atoms with Crippen LogP contribution in [0.4, 0.5) is 0 Å². The van der Waals surface area contributed by atoms with Crippen molar-refractivity contribution in [1.29, 1.82) is 0 Å². The second-order valence-corrected chi connectivity index (χ2v) is 18.7. The highest BCUT2D eigenvalue weighted by Crippen LogP contribution is 2.56. The molecule has 2 aliphatic heterocycles. The number of alkyl halides is 1. The summed E-state index contributed by atoms with van der Waals surface area (Å²) in [6.07, 6.45) is 0.778. The molecule has 1 aromatic rings. The Morgan fingerprint density at radius 2 is 1.57 bits per heavy atom. The van der Waals surface area contributed by atoms with Gasteiger partial charge in [-0.05, 0) is 25.5 Å². The van der Waals surface area contributed by atoms with Gasteiger partial charge in [0.1, 0.15) is 0 Å². The van der Waals surface area contributed by atoms with E-state index in [1.807, 2.05) is 19.1 Å². The molecule has 0 amide bonds. The third kappa shape index (κ3) is 4.16. The number of benzene rings is 1. The maximum absolute atomic E-state index is 13.4. The number of aryl methyl sites for hydroxylation is 1. The fourth-order valence-corrected chi connectivity index (χ4v) is 13.1. The first kappa shape index (κ1) is 24.6. The summed E-state index contributed by atoms with van der Waals surface area (Å²) in [5.41, 5.74) is 0.776. The van der Waals surface area contributed by atoms with E-state index in [1.54, 1.807) is 16.4 Å². The minimum Gasteiger partial charge on any atom is -0.393 e. The van der Waals surface area contributed by atoms with E-state index < -0.39 is 18.6 Å². The van der Waals surface area contributed by atoms with Gasteiger partial charge in [0.25, 0.3) is 0 Å². The van der Waals surface area contributed by atoms with E-state index in [1.165, 1.54) is 0 Å². The van der Waals surface area contributed by atoms with Crippen LogP contribution in [0.15, 0.2) is 29.2 Å². The zero-order valence-electron chi connectivity index (χ0n) is 19.3. The summed E-state index contributed by atoms with van der Waals surface area (Å²) < 4.78 is 42.7. The van der Waals surface area contributed by atoms with Crippen LogP contribution in [0, 0.1) is 12.3 Å². The zero-order valence-corrected chi connectivity index (χ0v) is 23.3. The van der Waals surface area contributed by atoms with E-state index in [-0.39, 0.29) is 21.5 Å². The van der Waals surface area contributed by atoms with Crippen molar-refractivity contribution in [2.45, 2.75) is 75.9 Å². The Morgan fingerprint density at radius 3 is 2.00 bits per heavy atom. The summed E-state index contributed by atoms with van der Waals surface area (Å²) in [4.78, 5) is 0.366. The minimum absolute atomic E-state index is 0.0393. The van der Waals surface area contributed by atoms with Crippen molar-refractivity contribution in [3.8, 4) is 0 Å². The van der Waals surface area contributed by atoms with E-state index in [9.17, 15) is 8.42 Å². The fourth-order valence-electron chi connectivity index (χ4n) is 5.18. The van der Waals surface area contributed by atoms with Gasteiger partial charge in [-0.1, -0.05) is 81.8 Å². The molecule has 1 spiro atoms. The molecule has 0 aliphatic carbocycles. The average molecular weight is 566 g/mol. The lowest BCUT2D eigenvalue weighted by atomic mass is 9.88. The van der Waals surface area contributed by atoms with Gasteiger partial charge in [0.15, 0.2) is 0 Å². The van der Waals surface area contributed by atoms with Crippen LogP contribution < -0.4 is 0 Å². The maximum atomic E-state index is 13.4. The molecule has 0 radical (unpaired) electrons. The summed E-state index contributed by atoms with van der Waals surface area (Å²) in [6, 6.07) is 7.10. The quantitative estimate of drug-likeness (QED) is 0.285. The predicted molar refractivity (Wildman–Crippen MR) is 132 cm³/mol. The second kappa shape index (κ2) is 8.09. The number of halogens is 1. The van der Waals surface area contributed by atoms with Gasteiger partial charge in [-0.25, -0.2) is 8.42 Å². The van der Waals surface area contributed by atoms with Gasteiger partial charge < -0.3 is 8.85 Å². The normalized spacial score (nSPS) is 25.0. The van der Waals surface area contributed by atoms with Gasteiger partial charge in [0.05, 0.1) is 4.90 Å². The highest BCUT2D eigenvalue weighted by Gasteiger charge is 2.63. The Morgan fingerprint density at radius 1 is 1.07 bits per heavy atom. The molecule has 3 rings (SSSR count). The van der Waals surface area contributed by atoms with E-state index in [0.717, 1.165) is 16.4 Å². The summed E-state index contributed by atoms with van der Waals surface area (Å²) >= 11 is 2.30. The van der Waals surface area contributed by atoms with Crippen LogP contribution in [-0.2, 0) is 18.9 Å². The Balaban J connectivity index is 1.87. The number of nitrogens with zero attached hydrogens (tertiary/aromatic N) is 1. The van der Waals surface area contributed by atoms with Crippen molar-refractivity contribution >= 4 is 41.2 Å². The van der Waals surface area contributed by atoms with Crippen molar-refractivity contribution in [2.75, 3.05) is 24.2 Å². The largest absolute Gasteiger partial charge is 0.393 e. The van der Waals surface area contributed by atoms with E-state index in [0.29, 0.717) is 24.7 Å². The first-order valence-corrected chi connectivity index (χ1v) is 15.4. The molecule has 30 heavy (non-hydrogen) atoms. The highest BCUT2D eigenvalue weighted by molar-refractivity contribution is 14.1. The third-order valence-electron chi connectivity index (χ3n) is 6.51. The van der Waals surface area contributed by atoms with Crippen LogP contribution in [0.25, 0.3) is 0 Å². The molecule has 0 N–H and O–H groups in total. The molecule has 0 aromatic heterocycles. The Bertz CT molecular complexity index is 850. The molecule has 5 nitrogen and oxygen atoms in total. The van der Waals surface area contributed by atoms with E-state index in [2.05, 4.69) is 64.1 Å². The summed E-state index contributed by atoms with van der Waals surface area (Å²) in [7, 11) is -6.07. The van der Waals surface area contributed by atoms with Crippen molar-refractivity contribution in [3.05, 3.63) is 29.8 Å². The molecule has 0 saturated carbocycles. The lowest BCUT2D eigenvalue weighted by molar-refractivity contribution is -0.0212. The van der Waals surface area contributed by atoms with Gasteiger partial charge in [-0.3, -0.25) is 0 Å². The maximum Gasteiger partial charge on any atom is 0.349 e. The number of hydrogen-bond acceptors (Lipinski definition) is 4. The monoisotopic (exact) mass is 565 g/mol. The second-order valence-electron chi connectivity index (χ2n) is 11.1.